The summed E-state index contributed by atoms with van der Waals surface area (Å²) in [6.45, 7) is 4.46. The molecular formula is C20H24I2N4O5S2. The first kappa shape index (κ1) is 27.9. The number of fused-ring (bicyclic) bond motifs is 2. The van der Waals surface area contributed by atoms with E-state index in [1.165, 1.54) is 0 Å². The molecule has 0 fully saturated rings. The summed E-state index contributed by atoms with van der Waals surface area (Å²) in [5.41, 5.74) is 2.73. The minimum atomic E-state index is -0.391. The van der Waals surface area contributed by atoms with Gasteiger partial charge in [0, 0.05) is 24.6 Å². The lowest BCUT2D eigenvalue weighted by Crippen LogP contribution is -3.00. The number of thiazole rings is 2. The van der Waals surface area contributed by atoms with Gasteiger partial charge in [0.1, 0.15) is 25.6 Å². The second-order valence-corrected chi connectivity index (χ2v) is 8.73. The zero-order chi connectivity index (χ0) is 22.1. The predicted octanol–water partition coefficient (Wildman–Crippen LogP) is -4.38. The summed E-state index contributed by atoms with van der Waals surface area (Å²) in [5, 5.41) is 3.85. The number of rotatable bonds is 8. The summed E-state index contributed by atoms with van der Waals surface area (Å²) in [7, 11) is 3.84. The second kappa shape index (κ2) is 11.9. The lowest BCUT2D eigenvalue weighted by atomic mass is 10.3. The quantitative estimate of drug-likeness (QED) is 0.0798. The highest BCUT2D eigenvalue weighted by Crippen LogP contribution is 2.15. The third-order valence-corrected chi connectivity index (χ3v) is 7.11. The van der Waals surface area contributed by atoms with Crippen LogP contribution in [0.5, 0.6) is 0 Å². The summed E-state index contributed by atoms with van der Waals surface area (Å²) < 4.78 is 23.7. The zero-order valence-electron chi connectivity index (χ0n) is 18.5. The summed E-state index contributed by atoms with van der Waals surface area (Å²) >= 11 is 3.11. The molecule has 0 N–H and O–H groups in total. The molecule has 0 saturated carbocycles. The molecule has 4 aromatic rings. The Morgan fingerprint density at radius 1 is 0.788 bits per heavy atom. The molecule has 0 spiro atoms. The normalized spacial score (nSPS) is 10.8. The molecule has 0 saturated heterocycles. The van der Waals surface area contributed by atoms with E-state index in [1.54, 1.807) is 22.7 Å². The highest BCUT2D eigenvalue weighted by molar-refractivity contribution is 7.14. The Morgan fingerprint density at radius 2 is 1.18 bits per heavy atom. The number of hydrogen-bond acceptors (Lipinski definition) is 7. The molecule has 180 valence electrons. The van der Waals surface area contributed by atoms with Gasteiger partial charge in [-0.15, -0.1) is 0 Å². The summed E-state index contributed by atoms with van der Waals surface area (Å²) in [6, 6.07) is 0. The number of carbonyl (C=O) groups excluding carboxylic acids is 2. The monoisotopic (exact) mass is 718 g/mol. The third kappa shape index (κ3) is 5.36. The molecule has 4 heterocycles. The number of nitrogens with zero attached hydrogens (tertiary/aromatic N) is 4. The summed E-state index contributed by atoms with van der Waals surface area (Å²) in [4.78, 5) is 26.9. The molecule has 0 aliphatic carbocycles. The highest BCUT2D eigenvalue weighted by Gasteiger charge is 2.29. The van der Waals surface area contributed by atoms with Gasteiger partial charge in [-0.25, -0.2) is 18.7 Å². The average molecular weight is 718 g/mol. The Kier molecular flexibility index (Phi) is 10.1. The predicted molar refractivity (Wildman–Crippen MR) is 114 cm³/mol. The van der Waals surface area contributed by atoms with E-state index in [4.69, 9.17) is 14.2 Å². The van der Waals surface area contributed by atoms with E-state index in [-0.39, 0.29) is 74.4 Å². The van der Waals surface area contributed by atoms with Gasteiger partial charge in [-0.1, -0.05) is 22.7 Å². The van der Waals surface area contributed by atoms with Crippen molar-refractivity contribution in [3.63, 3.8) is 0 Å². The molecule has 0 aliphatic rings. The SMILES string of the molecule is Cc1c(C(=O)OCCOCCOC(=O)c2c(C)n(C)c3scc[n+]23)[n+]2ccsc2n1C.[I-].[I-]. The molecule has 4 aromatic heterocycles. The Hall–Kier alpha value is -1.30. The maximum atomic E-state index is 12.5. The van der Waals surface area contributed by atoms with Gasteiger partial charge in [-0.05, 0) is 0 Å². The van der Waals surface area contributed by atoms with Crippen molar-refractivity contribution >= 4 is 44.5 Å². The molecule has 0 atom stereocenters. The molecule has 0 amide bonds. The molecule has 0 aliphatic heterocycles. The Balaban J connectivity index is 0.00000193. The topological polar surface area (TPSA) is 79.9 Å². The van der Waals surface area contributed by atoms with Crippen molar-refractivity contribution in [1.82, 2.24) is 9.13 Å². The van der Waals surface area contributed by atoms with Crippen molar-refractivity contribution in [1.29, 1.82) is 0 Å². The fourth-order valence-electron chi connectivity index (χ4n) is 3.44. The first-order valence-electron chi connectivity index (χ1n) is 9.72. The lowest BCUT2D eigenvalue weighted by molar-refractivity contribution is -0.510. The number of carbonyl (C=O) groups is 2. The minimum absolute atomic E-state index is 0. The van der Waals surface area contributed by atoms with E-state index >= 15 is 0 Å². The zero-order valence-corrected chi connectivity index (χ0v) is 24.5. The first-order chi connectivity index (χ1) is 14.9. The van der Waals surface area contributed by atoms with Crippen LogP contribution >= 0.6 is 22.7 Å². The van der Waals surface area contributed by atoms with Crippen LogP contribution in [0.15, 0.2) is 23.2 Å². The van der Waals surface area contributed by atoms with Crippen LogP contribution in [0.1, 0.15) is 32.4 Å². The van der Waals surface area contributed by atoms with E-state index in [1.807, 2.05) is 69.0 Å². The van der Waals surface area contributed by atoms with Crippen molar-refractivity contribution in [3.05, 3.63) is 45.9 Å². The number of aryl methyl sites for hydroxylation is 2. The Labute approximate surface area is 232 Å². The smallest absolute Gasteiger partial charge is 0.383 e. The van der Waals surface area contributed by atoms with E-state index < -0.39 is 11.9 Å². The van der Waals surface area contributed by atoms with E-state index in [2.05, 4.69) is 0 Å². The van der Waals surface area contributed by atoms with Crippen LogP contribution in [0.3, 0.4) is 0 Å². The van der Waals surface area contributed by atoms with Crippen LogP contribution in [-0.2, 0) is 28.3 Å². The summed E-state index contributed by atoms with van der Waals surface area (Å²) in [5.74, 6) is -0.782. The van der Waals surface area contributed by atoms with Crippen molar-refractivity contribution in [2.45, 2.75) is 13.8 Å². The molecule has 0 aromatic carbocycles. The standard InChI is InChI=1S/C20H24N4O5S2.2HI/c1-13-15(23-5-11-30-19(23)21(13)3)17(25)28-9-7-27-8-10-29-18(26)16-14(2)22(4)20-24(16)6-12-31-20;;/h5-6,11-12H,7-10H2,1-4H3;2*1H/q+2;;/p-2. The van der Waals surface area contributed by atoms with Crippen molar-refractivity contribution in [3.8, 4) is 0 Å². The van der Waals surface area contributed by atoms with E-state index in [0.717, 1.165) is 21.3 Å². The molecule has 4 rings (SSSR count). The number of hydrogen-bond donors (Lipinski definition) is 0. The van der Waals surface area contributed by atoms with E-state index in [9.17, 15) is 9.59 Å². The van der Waals surface area contributed by atoms with E-state index in [0.29, 0.717) is 11.4 Å². The van der Waals surface area contributed by atoms with Gasteiger partial charge < -0.3 is 62.2 Å². The van der Waals surface area contributed by atoms with Crippen LogP contribution in [0, 0.1) is 13.8 Å². The second-order valence-electron chi connectivity index (χ2n) is 6.98. The van der Waals surface area contributed by atoms with Crippen LogP contribution in [0.25, 0.3) is 9.92 Å². The van der Waals surface area contributed by atoms with Gasteiger partial charge >= 0.3 is 21.9 Å². The molecule has 0 bridgehead atoms. The van der Waals surface area contributed by atoms with Crippen LogP contribution < -0.4 is 56.8 Å². The van der Waals surface area contributed by atoms with Gasteiger partial charge in [0.25, 0.3) is 11.4 Å². The molecule has 33 heavy (non-hydrogen) atoms. The van der Waals surface area contributed by atoms with Crippen LogP contribution in [0.2, 0.25) is 0 Å². The number of imidazole rings is 2. The van der Waals surface area contributed by atoms with Crippen molar-refractivity contribution in [2.75, 3.05) is 26.4 Å². The van der Waals surface area contributed by atoms with Crippen LogP contribution in [-0.4, -0.2) is 47.5 Å². The number of halogens is 2. The maximum absolute atomic E-state index is 12.5. The van der Waals surface area contributed by atoms with Gasteiger partial charge in [-0.2, -0.15) is 8.80 Å². The first-order valence-corrected chi connectivity index (χ1v) is 11.5. The minimum Gasteiger partial charge on any atom is -1.00 e. The maximum Gasteiger partial charge on any atom is 0.383 e. The molecular weight excluding hydrogens is 694 g/mol. The lowest BCUT2D eigenvalue weighted by Gasteiger charge is -2.06. The average Bonchev–Trinajstić information content (AvgIpc) is 3.49. The molecule has 9 nitrogen and oxygen atoms in total. The number of aromatic nitrogens is 4. The van der Waals surface area contributed by atoms with Gasteiger partial charge in [0.05, 0.1) is 27.3 Å². The van der Waals surface area contributed by atoms with Crippen molar-refractivity contribution < 1.29 is 80.6 Å². The molecule has 0 unspecified atom stereocenters. The number of ether oxygens (including phenoxy) is 3. The van der Waals surface area contributed by atoms with Crippen molar-refractivity contribution in [2.24, 2.45) is 14.1 Å². The third-order valence-electron chi connectivity index (χ3n) is 5.23. The fourth-order valence-corrected chi connectivity index (χ4v) is 5.17. The van der Waals surface area contributed by atoms with Gasteiger partial charge in [0.2, 0.25) is 0 Å². The Bertz CT molecular complexity index is 1180. The largest absolute Gasteiger partial charge is 1.00 e. The van der Waals surface area contributed by atoms with Gasteiger partial charge in [-0.3, -0.25) is 0 Å². The molecule has 0 radical (unpaired) electrons. The fraction of sp³-hybridized carbons (Fsp3) is 0.400. The van der Waals surface area contributed by atoms with Crippen LogP contribution in [0.4, 0.5) is 0 Å². The number of esters is 2. The van der Waals surface area contributed by atoms with Gasteiger partial charge in [0.15, 0.2) is 11.4 Å². The Morgan fingerprint density at radius 3 is 1.58 bits per heavy atom. The summed E-state index contributed by atoms with van der Waals surface area (Å²) in [6.07, 6.45) is 3.70. The highest BCUT2D eigenvalue weighted by atomic mass is 127. The molecule has 13 heteroatoms.